The Balaban J connectivity index is 1.49. The normalized spacial score (nSPS) is 17.6. The molecule has 6 aromatic carbocycles. The van der Waals surface area contributed by atoms with Gasteiger partial charge in [0.25, 0.3) is 0 Å². The summed E-state index contributed by atoms with van der Waals surface area (Å²) in [5, 5.41) is 8.99. The van der Waals surface area contributed by atoms with Crippen molar-refractivity contribution < 1.29 is 4.57 Å². The lowest BCUT2D eigenvalue weighted by molar-refractivity contribution is 0.592. The van der Waals surface area contributed by atoms with Gasteiger partial charge in [-0.15, -0.1) is 0 Å². The first-order chi connectivity index (χ1) is 22.2. The Kier molecular flexibility index (Phi) is 5.83. The van der Waals surface area contributed by atoms with Gasteiger partial charge in [0, 0.05) is 27.5 Å². The van der Waals surface area contributed by atoms with E-state index in [1.54, 1.807) is 0 Å². The number of pyridine rings is 1. The Morgan fingerprint density at radius 1 is 0.511 bits per heavy atom. The first-order valence-electron chi connectivity index (χ1n) is 15.3. The van der Waals surface area contributed by atoms with E-state index in [9.17, 15) is 0 Å². The SMILES string of the molecule is O=P1(c2ccc3cccnc3c2)c2ccccc2C2=C(c3ccccc31)[Si](c1ccccc1)(c1ccccc1)c1ccccc12. The van der Waals surface area contributed by atoms with E-state index in [2.05, 4.69) is 151 Å². The molecule has 0 amide bonds. The molecule has 0 saturated carbocycles. The minimum Gasteiger partial charge on any atom is -0.309 e. The van der Waals surface area contributed by atoms with Gasteiger partial charge in [-0.1, -0.05) is 152 Å². The second-order valence-electron chi connectivity index (χ2n) is 11.8. The van der Waals surface area contributed by atoms with Crippen molar-refractivity contribution in [1.29, 1.82) is 0 Å². The topological polar surface area (TPSA) is 30.0 Å². The fraction of sp³-hybridized carbons (Fsp3) is 0. The summed E-state index contributed by atoms with van der Waals surface area (Å²) in [7, 11) is -6.24. The van der Waals surface area contributed by atoms with Crippen LogP contribution >= 0.6 is 7.14 Å². The lowest BCUT2D eigenvalue weighted by atomic mass is 9.96. The maximum Gasteiger partial charge on any atom is 0.181 e. The molecule has 4 heteroatoms. The molecule has 3 heterocycles. The van der Waals surface area contributed by atoms with E-state index in [-0.39, 0.29) is 0 Å². The number of hydrogen-bond acceptors (Lipinski definition) is 2. The highest BCUT2D eigenvalue weighted by Gasteiger charge is 2.54. The average Bonchev–Trinajstić information content (AvgIpc) is 3.38. The molecular formula is C41H28NOPSi. The van der Waals surface area contributed by atoms with Crippen LogP contribution in [0, 0.1) is 0 Å². The van der Waals surface area contributed by atoms with Crippen molar-refractivity contribution in [2.75, 3.05) is 0 Å². The van der Waals surface area contributed by atoms with Gasteiger partial charge in [0.15, 0.2) is 15.2 Å². The lowest BCUT2D eigenvalue weighted by Crippen LogP contribution is -2.67. The number of fused-ring (bicyclic) bond motifs is 7. The smallest absolute Gasteiger partial charge is 0.181 e. The third kappa shape index (κ3) is 3.57. The summed E-state index contributed by atoms with van der Waals surface area (Å²) in [6.45, 7) is 0. The van der Waals surface area contributed by atoms with Gasteiger partial charge in [-0.3, -0.25) is 4.98 Å². The van der Waals surface area contributed by atoms with E-state index in [1.807, 2.05) is 24.4 Å². The molecule has 2 aliphatic heterocycles. The fourth-order valence-electron chi connectivity index (χ4n) is 7.82. The van der Waals surface area contributed by atoms with Crippen molar-refractivity contribution in [3.63, 3.8) is 0 Å². The Labute approximate surface area is 263 Å². The molecule has 0 N–H and O–H groups in total. The van der Waals surface area contributed by atoms with Crippen LogP contribution in [0.4, 0.5) is 0 Å². The first-order valence-corrected chi connectivity index (χ1v) is 19.0. The molecule has 0 aliphatic carbocycles. The summed E-state index contributed by atoms with van der Waals surface area (Å²) in [5.41, 5.74) is 5.45. The summed E-state index contributed by atoms with van der Waals surface area (Å²) in [4.78, 5) is 4.67. The molecule has 0 bridgehead atoms. The van der Waals surface area contributed by atoms with Crippen molar-refractivity contribution in [2.24, 2.45) is 0 Å². The van der Waals surface area contributed by atoms with E-state index in [1.165, 1.54) is 31.9 Å². The third-order valence-electron chi connectivity index (χ3n) is 9.62. The van der Waals surface area contributed by atoms with Crippen LogP contribution in [0.3, 0.4) is 0 Å². The van der Waals surface area contributed by atoms with Crippen molar-refractivity contribution in [3.8, 4) is 0 Å². The van der Waals surface area contributed by atoms with Crippen LogP contribution in [-0.4, -0.2) is 13.1 Å². The van der Waals surface area contributed by atoms with Crippen LogP contribution in [0.5, 0.6) is 0 Å². The predicted molar refractivity (Wildman–Crippen MR) is 191 cm³/mol. The minimum atomic E-state index is -3.36. The number of aromatic nitrogens is 1. The number of rotatable bonds is 3. The van der Waals surface area contributed by atoms with E-state index >= 15 is 4.57 Å². The largest absolute Gasteiger partial charge is 0.309 e. The van der Waals surface area contributed by atoms with Crippen LogP contribution in [0.2, 0.25) is 0 Å². The average molecular weight is 610 g/mol. The summed E-state index contributed by atoms with van der Waals surface area (Å²) < 4.78 is 16.3. The van der Waals surface area contributed by atoms with Crippen molar-refractivity contribution in [2.45, 2.75) is 0 Å². The molecule has 1 unspecified atom stereocenters. The van der Waals surface area contributed by atoms with Crippen LogP contribution in [0.25, 0.3) is 21.7 Å². The van der Waals surface area contributed by atoms with Crippen LogP contribution in [-0.2, 0) is 4.57 Å². The number of hydrogen-bond donors (Lipinski definition) is 0. The van der Waals surface area contributed by atoms with E-state index in [0.29, 0.717) is 0 Å². The van der Waals surface area contributed by atoms with Gasteiger partial charge in [0.05, 0.1) is 5.52 Å². The monoisotopic (exact) mass is 609 g/mol. The molecule has 7 aromatic rings. The van der Waals surface area contributed by atoms with Gasteiger partial charge in [-0.05, 0) is 55.2 Å². The van der Waals surface area contributed by atoms with E-state index in [0.717, 1.165) is 37.9 Å². The third-order valence-corrected chi connectivity index (χ3v) is 17.7. The molecule has 2 nitrogen and oxygen atoms in total. The maximum atomic E-state index is 16.3. The summed E-state index contributed by atoms with van der Waals surface area (Å²) in [6, 6.07) is 58.2. The second-order valence-corrected chi connectivity index (χ2v) is 18.2. The fourth-order valence-corrected chi connectivity index (χ4v) is 16.4. The molecule has 0 saturated heterocycles. The molecule has 0 radical (unpaired) electrons. The van der Waals surface area contributed by atoms with Gasteiger partial charge < -0.3 is 4.57 Å². The predicted octanol–water partition coefficient (Wildman–Crippen LogP) is 6.17. The minimum absolute atomic E-state index is 0.815. The van der Waals surface area contributed by atoms with Crippen LogP contribution in [0.1, 0.15) is 16.7 Å². The Morgan fingerprint density at radius 2 is 1.09 bits per heavy atom. The van der Waals surface area contributed by atoms with Gasteiger partial charge in [0.1, 0.15) is 0 Å². The van der Waals surface area contributed by atoms with Gasteiger partial charge in [-0.2, -0.15) is 0 Å². The standard InChI is InChI=1S/C41H28NOPSi/c43-44(30-26-25-29-14-13-27-42-36(29)28-30)37-22-10-7-19-33(37)40-35-21-9-12-24-39(35)45(31-15-3-1-4-16-31,32-17-5-2-6-18-32)41(40)34-20-8-11-23-38(34)44/h1-28H. The number of benzene rings is 6. The van der Waals surface area contributed by atoms with Crippen LogP contribution in [0.15, 0.2) is 170 Å². The Morgan fingerprint density at radius 3 is 1.80 bits per heavy atom. The zero-order valence-electron chi connectivity index (χ0n) is 24.5. The molecule has 1 atom stereocenters. The first kappa shape index (κ1) is 26.3. The molecule has 0 spiro atoms. The molecule has 0 fully saturated rings. The summed E-state index contributed by atoms with van der Waals surface area (Å²) >= 11 is 0. The molecule has 1 aromatic heterocycles. The summed E-state index contributed by atoms with van der Waals surface area (Å²) in [6.07, 6.45) is 1.81. The van der Waals surface area contributed by atoms with Gasteiger partial charge in [0.2, 0.25) is 0 Å². The summed E-state index contributed by atoms with van der Waals surface area (Å²) in [5.74, 6) is 0. The van der Waals surface area contributed by atoms with E-state index < -0.39 is 15.2 Å². The zero-order valence-corrected chi connectivity index (χ0v) is 26.4. The molecule has 9 rings (SSSR count). The van der Waals surface area contributed by atoms with Crippen molar-refractivity contribution in [3.05, 3.63) is 187 Å². The van der Waals surface area contributed by atoms with Gasteiger partial charge in [-0.25, -0.2) is 0 Å². The maximum absolute atomic E-state index is 16.3. The quantitative estimate of drug-likeness (QED) is 0.177. The molecule has 2 aliphatic rings. The zero-order chi connectivity index (χ0) is 30.0. The Bertz CT molecular complexity index is 2320. The highest BCUT2D eigenvalue weighted by Crippen LogP contribution is 2.53. The molecule has 212 valence electrons. The number of nitrogens with zero attached hydrogens (tertiary/aromatic N) is 1. The highest BCUT2D eigenvalue weighted by molar-refractivity contribution is 7.85. The van der Waals surface area contributed by atoms with Crippen LogP contribution < -0.4 is 31.5 Å². The van der Waals surface area contributed by atoms with Crippen molar-refractivity contribution in [1.82, 2.24) is 4.98 Å². The Hall–Kier alpha value is -5.08. The second kappa shape index (κ2) is 9.97. The highest BCUT2D eigenvalue weighted by atomic mass is 31.2. The van der Waals surface area contributed by atoms with E-state index in [4.69, 9.17) is 0 Å². The molecule has 45 heavy (non-hydrogen) atoms. The van der Waals surface area contributed by atoms with Gasteiger partial charge >= 0.3 is 0 Å². The van der Waals surface area contributed by atoms with Crippen molar-refractivity contribution >= 4 is 68.4 Å². The lowest BCUT2D eigenvalue weighted by Gasteiger charge is -2.34. The molecular weight excluding hydrogens is 582 g/mol.